The Hall–Kier alpha value is -2.56. The van der Waals surface area contributed by atoms with Crippen LogP contribution in [0.15, 0.2) is 36.5 Å². The van der Waals surface area contributed by atoms with Gasteiger partial charge in [-0.1, -0.05) is 0 Å². The van der Waals surface area contributed by atoms with Crippen LogP contribution in [0.2, 0.25) is 0 Å². The normalized spacial score (nSPS) is 9.95. The maximum absolute atomic E-state index is 12.2. The molecule has 0 bridgehead atoms. The first-order valence-corrected chi connectivity index (χ1v) is 6.10. The SMILES string of the molecule is COc1ccc(NC(=O)c2cccnc2C)c(OC)c1. The van der Waals surface area contributed by atoms with Gasteiger partial charge in [0, 0.05) is 18.0 Å². The number of hydrogen-bond donors (Lipinski definition) is 1. The van der Waals surface area contributed by atoms with Gasteiger partial charge in [-0.3, -0.25) is 9.78 Å². The maximum atomic E-state index is 12.2. The summed E-state index contributed by atoms with van der Waals surface area (Å²) in [6.07, 6.45) is 1.65. The third kappa shape index (κ3) is 2.88. The Morgan fingerprint density at radius 3 is 2.65 bits per heavy atom. The second-order valence-electron chi connectivity index (χ2n) is 4.16. The zero-order chi connectivity index (χ0) is 14.5. The zero-order valence-corrected chi connectivity index (χ0v) is 11.6. The van der Waals surface area contributed by atoms with Crippen LogP contribution in [0.4, 0.5) is 5.69 Å². The first-order valence-electron chi connectivity index (χ1n) is 6.10. The number of nitrogens with one attached hydrogen (secondary N) is 1. The number of rotatable bonds is 4. The molecule has 1 amide bonds. The standard InChI is InChI=1S/C15H16N2O3/c1-10-12(5-4-8-16-10)15(18)17-13-7-6-11(19-2)9-14(13)20-3/h4-9H,1-3H3,(H,17,18). The number of anilines is 1. The van der Waals surface area contributed by atoms with E-state index in [9.17, 15) is 4.79 Å². The van der Waals surface area contributed by atoms with Gasteiger partial charge >= 0.3 is 0 Å². The van der Waals surface area contributed by atoms with Crippen LogP contribution in [0.5, 0.6) is 11.5 Å². The number of ether oxygens (including phenoxy) is 2. The molecule has 0 saturated heterocycles. The second-order valence-corrected chi connectivity index (χ2v) is 4.16. The van der Waals surface area contributed by atoms with E-state index in [-0.39, 0.29) is 5.91 Å². The fourth-order valence-corrected chi connectivity index (χ4v) is 1.82. The van der Waals surface area contributed by atoms with Gasteiger partial charge in [-0.05, 0) is 31.2 Å². The van der Waals surface area contributed by atoms with E-state index in [4.69, 9.17) is 9.47 Å². The van der Waals surface area contributed by atoms with E-state index in [1.54, 1.807) is 57.7 Å². The number of benzene rings is 1. The van der Waals surface area contributed by atoms with Crippen molar-refractivity contribution in [3.63, 3.8) is 0 Å². The minimum atomic E-state index is -0.223. The van der Waals surface area contributed by atoms with Crippen molar-refractivity contribution in [3.8, 4) is 11.5 Å². The van der Waals surface area contributed by atoms with Gasteiger partial charge in [-0.25, -0.2) is 0 Å². The number of hydrogen-bond acceptors (Lipinski definition) is 4. The highest BCUT2D eigenvalue weighted by molar-refractivity contribution is 6.05. The Balaban J connectivity index is 2.26. The minimum absolute atomic E-state index is 0.223. The molecule has 0 saturated carbocycles. The third-order valence-electron chi connectivity index (χ3n) is 2.91. The summed E-state index contributed by atoms with van der Waals surface area (Å²) in [7, 11) is 3.12. The van der Waals surface area contributed by atoms with Crippen molar-refractivity contribution in [2.45, 2.75) is 6.92 Å². The lowest BCUT2D eigenvalue weighted by Gasteiger charge is -2.12. The largest absolute Gasteiger partial charge is 0.497 e. The van der Waals surface area contributed by atoms with Crippen molar-refractivity contribution < 1.29 is 14.3 Å². The predicted molar refractivity (Wildman–Crippen MR) is 76.5 cm³/mol. The van der Waals surface area contributed by atoms with E-state index in [1.165, 1.54) is 0 Å². The highest BCUT2D eigenvalue weighted by atomic mass is 16.5. The van der Waals surface area contributed by atoms with E-state index in [0.717, 1.165) is 0 Å². The van der Waals surface area contributed by atoms with E-state index in [1.807, 2.05) is 0 Å². The van der Waals surface area contributed by atoms with Crippen LogP contribution in [0.25, 0.3) is 0 Å². The molecule has 0 unspecified atom stereocenters. The molecule has 1 N–H and O–H groups in total. The van der Waals surface area contributed by atoms with Crippen LogP contribution in [-0.4, -0.2) is 25.1 Å². The summed E-state index contributed by atoms with van der Waals surface area (Å²) in [5, 5.41) is 2.81. The third-order valence-corrected chi connectivity index (χ3v) is 2.91. The Labute approximate surface area is 117 Å². The molecular formula is C15H16N2O3. The fourth-order valence-electron chi connectivity index (χ4n) is 1.82. The van der Waals surface area contributed by atoms with Gasteiger partial charge in [0.15, 0.2) is 0 Å². The molecule has 0 radical (unpaired) electrons. The number of nitrogens with zero attached hydrogens (tertiary/aromatic N) is 1. The molecule has 5 heteroatoms. The molecule has 0 atom stereocenters. The Kier molecular flexibility index (Phi) is 4.20. The lowest BCUT2D eigenvalue weighted by molar-refractivity contribution is 0.102. The molecule has 1 aromatic heterocycles. The van der Waals surface area contributed by atoms with Crippen molar-refractivity contribution in [3.05, 3.63) is 47.8 Å². The van der Waals surface area contributed by atoms with Gasteiger partial charge in [-0.15, -0.1) is 0 Å². The average molecular weight is 272 g/mol. The molecular weight excluding hydrogens is 256 g/mol. The number of aryl methyl sites for hydroxylation is 1. The van der Waals surface area contributed by atoms with E-state index >= 15 is 0 Å². The van der Waals surface area contributed by atoms with Crippen LogP contribution in [0, 0.1) is 6.92 Å². The summed E-state index contributed by atoms with van der Waals surface area (Å²) >= 11 is 0. The Morgan fingerprint density at radius 2 is 2.00 bits per heavy atom. The van der Waals surface area contributed by atoms with Crippen LogP contribution in [0.1, 0.15) is 16.1 Å². The number of aromatic nitrogens is 1. The molecule has 0 spiro atoms. The average Bonchev–Trinajstić information content (AvgIpc) is 2.48. The Bertz CT molecular complexity index is 626. The maximum Gasteiger partial charge on any atom is 0.257 e. The summed E-state index contributed by atoms with van der Waals surface area (Å²) in [6.45, 7) is 1.79. The highest BCUT2D eigenvalue weighted by Gasteiger charge is 2.12. The van der Waals surface area contributed by atoms with Crippen molar-refractivity contribution in [1.82, 2.24) is 4.98 Å². The summed E-state index contributed by atoms with van der Waals surface area (Å²) in [4.78, 5) is 16.3. The Morgan fingerprint density at radius 1 is 1.20 bits per heavy atom. The fraction of sp³-hybridized carbons (Fsp3) is 0.200. The molecule has 1 aromatic carbocycles. The summed E-state index contributed by atoms with van der Waals surface area (Å²) in [6, 6.07) is 8.67. The van der Waals surface area contributed by atoms with E-state index < -0.39 is 0 Å². The first-order chi connectivity index (χ1) is 9.65. The molecule has 104 valence electrons. The van der Waals surface area contributed by atoms with Crippen LogP contribution < -0.4 is 14.8 Å². The topological polar surface area (TPSA) is 60.5 Å². The van der Waals surface area contributed by atoms with E-state index in [2.05, 4.69) is 10.3 Å². The van der Waals surface area contributed by atoms with Gasteiger partial charge in [0.05, 0.1) is 25.5 Å². The van der Waals surface area contributed by atoms with Gasteiger partial charge < -0.3 is 14.8 Å². The van der Waals surface area contributed by atoms with Gasteiger partial charge in [0.1, 0.15) is 11.5 Å². The first kappa shape index (κ1) is 13.9. The van der Waals surface area contributed by atoms with Crippen molar-refractivity contribution in [1.29, 1.82) is 0 Å². The predicted octanol–water partition coefficient (Wildman–Crippen LogP) is 2.66. The molecule has 20 heavy (non-hydrogen) atoms. The molecule has 1 heterocycles. The highest BCUT2D eigenvalue weighted by Crippen LogP contribution is 2.29. The van der Waals surface area contributed by atoms with Crippen LogP contribution in [0.3, 0.4) is 0 Å². The zero-order valence-electron chi connectivity index (χ0n) is 11.6. The lowest BCUT2D eigenvalue weighted by Crippen LogP contribution is -2.14. The molecule has 5 nitrogen and oxygen atoms in total. The number of carbonyl (C=O) groups excluding carboxylic acids is 1. The molecule has 0 aliphatic rings. The van der Waals surface area contributed by atoms with Crippen LogP contribution in [-0.2, 0) is 0 Å². The van der Waals surface area contributed by atoms with E-state index in [0.29, 0.717) is 28.4 Å². The second kappa shape index (κ2) is 6.06. The molecule has 0 fully saturated rings. The van der Waals surface area contributed by atoms with Crippen molar-refractivity contribution in [2.24, 2.45) is 0 Å². The van der Waals surface area contributed by atoms with Crippen LogP contribution >= 0.6 is 0 Å². The number of amides is 1. The van der Waals surface area contributed by atoms with Crippen molar-refractivity contribution >= 4 is 11.6 Å². The molecule has 2 aromatic rings. The quantitative estimate of drug-likeness (QED) is 0.929. The van der Waals surface area contributed by atoms with Gasteiger partial charge in [-0.2, -0.15) is 0 Å². The summed E-state index contributed by atoms with van der Waals surface area (Å²) in [5.74, 6) is 0.982. The monoisotopic (exact) mass is 272 g/mol. The number of pyridine rings is 1. The summed E-state index contributed by atoms with van der Waals surface area (Å²) < 4.78 is 10.4. The molecule has 0 aliphatic carbocycles. The van der Waals surface area contributed by atoms with Crippen molar-refractivity contribution in [2.75, 3.05) is 19.5 Å². The summed E-state index contributed by atoms with van der Waals surface area (Å²) in [5.41, 5.74) is 1.80. The lowest BCUT2D eigenvalue weighted by atomic mass is 10.2. The number of carbonyl (C=O) groups is 1. The van der Waals surface area contributed by atoms with Gasteiger partial charge in [0.25, 0.3) is 5.91 Å². The molecule has 0 aliphatic heterocycles. The number of methoxy groups -OCH3 is 2. The minimum Gasteiger partial charge on any atom is -0.497 e. The van der Waals surface area contributed by atoms with Gasteiger partial charge in [0.2, 0.25) is 0 Å². The smallest absolute Gasteiger partial charge is 0.257 e. The molecule has 2 rings (SSSR count).